The van der Waals surface area contributed by atoms with E-state index in [1.165, 1.54) is 4.90 Å². The number of hydrogen-bond acceptors (Lipinski definition) is 4. The van der Waals surface area contributed by atoms with Crippen LogP contribution in [0.1, 0.15) is 11.7 Å². The summed E-state index contributed by atoms with van der Waals surface area (Å²) in [4.78, 5) is 12.9. The molecule has 0 saturated heterocycles. The summed E-state index contributed by atoms with van der Waals surface area (Å²) in [6.07, 6.45) is -1.16. The van der Waals surface area contributed by atoms with Crippen LogP contribution in [-0.2, 0) is 4.79 Å². The van der Waals surface area contributed by atoms with Gasteiger partial charge in [-0.15, -0.1) is 0 Å². The van der Waals surface area contributed by atoms with Gasteiger partial charge in [-0.25, -0.2) is 0 Å². The van der Waals surface area contributed by atoms with Crippen molar-refractivity contribution in [3.05, 3.63) is 23.8 Å². The van der Waals surface area contributed by atoms with Crippen LogP contribution in [0.25, 0.3) is 0 Å². The van der Waals surface area contributed by atoms with Gasteiger partial charge in [0.25, 0.3) is 5.91 Å². The van der Waals surface area contributed by atoms with Crippen LogP contribution in [0.4, 0.5) is 0 Å². The van der Waals surface area contributed by atoms with Gasteiger partial charge in [-0.2, -0.15) is 0 Å². The maximum atomic E-state index is 11.5. The Morgan fingerprint density at radius 3 is 2.75 bits per heavy atom. The number of likely N-dealkylation sites (N-methyl/N-ethyl adjacent to an activating group) is 1. The Kier molecular flexibility index (Phi) is 2.70. The van der Waals surface area contributed by atoms with Crippen LogP contribution in [0.3, 0.4) is 0 Å². The third-order valence-corrected chi connectivity index (χ3v) is 2.39. The highest BCUT2D eigenvalue weighted by atomic mass is 16.7. The molecule has 0 bridgehead atoms. The van der Waals surface area contributed by atoms with E-state index in [0.717, 1.165) is 0 Å². The molecule has 1 heterocycles. The first kappa shape index (κ1) is 10.8. The van der Waals surface area contributed by atoms with Gasteiger partial charge in [0.05, 0.1) is 0 Å². The van der Waals surface area contributed by atoms with Crippen molar-refractivity contribution in [1.82, 2.24) is 4.90 Å². The van der Waals surface area contributed by atoms with E-state index in [9.17, 15) is 9.90 Å². The van der Waals surface area contributed by atoms with E-state index in [2.05, 4.69) is 0 Å². The molecule has 1 aromatic rings. The topological polar surface area (TPSA) is 59.0 Å². The number of fused-ring (bicyclic) bond motifs is 1. The van der Waals surface area contributed by atoms with Gasteiger partial charge >= 0.3 is 0 Å². The predicted octanol–water partition coefficient (Wildman–Crippen LogP) is 0.537. The van der Waals surface area contributed by atoms with E-state index in [0.29, 0.717) is 17.1 Å². The van der Waals surface area contributed by atoms with E-state index in [1.54, 1.807) is 32.3 Å². The zero-order valence-electron chi connectivity index (χ0n) is 9.14. The van der Waals surface area contributed by atoms with Crippen molar-refractivity contribution in [2.45, 2.75) is 6.10 Å². The van der Waals surface area contributed by atoms with E-state index in [4.69, 9.17) is 9.47 Å². The Bertz CT molecular complexity index is 416. The maximum Gasteiger partial charge on any atom is 0.255 e. The number of carbonyl (C=O) groups is 1. The molecule has 1 atom stereocenters. The lowest BCUT2D eigenvalue weighted by Crippen LogP contribution is -2.27. The lowest BCUT2D eigenvalue weighted by atomic mass is 10.1. The number of aliphatic hydroxyl groups excluding tert-OH is 1. The number of rotatable bonds is 2. The minimum Gasteiger partial charge on any atom is -0.454 e. The minimum atomic E-state index is -1.16. The Hall–Kier alpha value is -1.75. The second kappa shape index (κ2) is 4.02. The summed E-state index contributed by atoms with van der Waals surface area (Å²) < 4.78 is 10.3. The smallest absolute Gasteiger partial charge is 0.255 e. The third kappa shape index (κ3) is 1.81. The van der Waals surface area contributed by atoms with Crippen molar-refractivity contribution in [2.24, 2.45) is 0 Å². The highest BCUT2D eigenvalue weighted by Gasteiger charge is 2.22. The summed E-state index contributed by atoms with van der Waals surface area (Å²) in [6.45, 7) is 0.177. The second-order valence-corrected chi connectivity index (χ2v) is 3.75. The number of carbonyl (C=O) groups excluding carboxylic acids is 1. The van der Waals surface area contributed by atoms with Gasteiger partial charge in [-0.1, -0.05) is 6.07 Å². The molecule has 5 nitrogen and oxygen atoms in total. The van der Waals surface area contributed by atoms with E-state index < -0.39 is 6.10 Å². The van der Waals surface area contributed by atoms with Crippen molar-refractivity contribution in [3.63, 3.8) is 0 Å². The van der Waals surface area contributed by atoms with Gasteiger partial charge in [0.1, 0.15) is 0 Å². The summed E-state index contributed by atoms with van der Waals surface area (Å²) in [5, 5.41) is 9.80. The third-order valence-electron chi connectivity index (χ3n) is 2.39. The summed E-state index contributed by atoms with van der Waals surface area (Å²) >= 11 is 0. The fraction of sp³-hybridized carbons (Fsp3) is 0.364. The minimum absolute atomic E-state index is 0.177. The molecule has 1 amide bonds. The fourth-order valence-corrected chi connectivity index (χ4v) is 1.47. The molecule has 2 rings (SSSR count). The Balaban J connectivity index is 2.24. The van der Waals surface area contributed by atoms with Gasteiger partial charge in [-0.05, 0) is 17.7 Å². The van der Waals surface area contributed by atoms with Gasteiger partial charge in [0.15, 0.2) is 17.6 Å². The number of hydrogen-bond donors (Lipinski definition) is 1. The van der Waals surface area contributed by atoms with Gasteiger partial charge in [-0.3, -0.25) is 4.79 Å². The van der Waals surface area contributed by atoms with Crippen LogP contribution in [0.2, 0.25) is 0 Å². The molecule has 0 fully saturated rings. The normalized spacial score (nSPS) is 14.7. The Labute approximate surface area is 93.2 Å². The number of amides is 1. The highest BCUT2D eigenvalue weighted by molar-refractivity contribution is 5.81. The van der Waals surface area contributed by atoms with Crippen LogP contribution in [0.15, 0.2) is 18.2 Å². The van der Waals surface area contributed by atoms with Crippen LogP contribution in [0, 0.1) is 0 Å². The van der Waals surface area contributed by atoms with Crippen molar-refractivity contribution < 1.29 is 19.4 Å². The van der Waals surface area contributed by atoms with Crippen LogP contribution in [-0.4, -0.2) is 36.8 Å². The van der Waals surface area contributed by atoms with Crippen LogP contribution < -0.4 is 9.47 Å². The molecular weight excluding hydrogens is 210 g/mol. The summed E-state index contributed by atoms with van der Waals surface area (Å²) in [7, 11) is 3.19. The molecule has 1 aliphatic heterocycles. The average molecular weight is 223 g/mol. The lowest BCUT2D eigenvalue weighted by Gasteiger charge is -2.16. The molecule has 1 N–H and O–H groups in total. The summed E-state index contributed by atoms with van der Waals surface area (Å²) in [5.74, 6) is 0.829. The van der Waals surface area contributed by atoms with E-state index in [1.807, 2.05) is 0 Å². The average Bonchev–Trinajstić information content (AvgIpc) is 2.73. The zero-order valence-corrected chi connectivity index (χ0v) is 9.14. The first-order valence-corrected chi connectivity index (χ1v) is 4.88. The van der Waals surface area contributed by atoms with E-state index >= 15 is 0 Å². The quantitative estimate of drug-likeness (QED) is 0.794. The first-order chi connectivity index (χ1) is 7.59. The molecule has 1 aromatic carbocycles. The lowest BCUT2D eigenvalue weighted by molar-refractivity contribution is -0.137. The molecular formula is C11H13NO4. The van der Waals surface area contributed by atoms with Gasteiger partial charge < -0.3 is 19.5 Å². The van der Waals surface area contributed by atoms with Gasteiger partial charge in [0.2, 0.25) is 6.79 Å². The SMILES string of the molecule is CN(C)C(=O)[C@H](O)c1ccc2c(c1)OCO2. The molecule has 0 aliphatic carbocycles. The highest BCUT2D eigenvalue weighted by Crippen LogP contribution is 2.34. The summed E-state index contributed by atoms with van der Waals surface area (Å²) in [6, 6.07) is 4.96. The molecule has 0 radical (unpaired) electrons. The fourth-order valence-electron chi connectivity index (χ4n) is 1.47. The van der Waals surface area contributed by atoms with Crippen molar-refractivity contribution >= 4 is 5.91 Å². The van der Waals surface area contributed by atoms with Crippen molar-refractivity contribution in [1.29, 1.82) is 0 Å². The predicted molar refractivity (Wildman–Crippen MR) is 56.2 cm³/mol. The van der Waals surface area contributed by atoms with Crippen LogP contribution >= 0.6 is 0 Å². The first-order valence-electron chi connectivity index (χ1n) is 4.88. The molecule has 0 aromatic heterocycles. The van der Waals surface area contributed by atoms with Crippen molar-refractivity contribution in [3.8, 4) is 11.5 Å². The van der Waals surface area contributed by atoms with Crippen LogP contribution in [0.5, 0.6) is 11.5 Å². The zero-order chi connectivity index (χ0) is 11.7. The molecule has 16 heavy (non-hydrogen) atoms. The maximum absolute atomic E-state index is 11.5. The van der Waals surface area contributed by atoms with Gasteiger partial charge in [0, 0.05) is 14.1 Å². The van der Waals surface area contributed by atoms with E-state index in [-0.39, 0.29) is 12.7 Å². The number of aliphatic hydroxyl groups is 1. The molecule has 0 spiro atoms. The number of ether oxygens (including phenoxy) is 2. The molecule has 0 unspecified atom stereocenters. The Morgan fingerprint density at radius 1 is 1.38 bits per heavy atom. The second-order valence-electron chi connectivity index (χ2n) is 3.75. The standard InChI is InChI=1S/C11H13NO4/c1-12(2)11(14)10(13)7-3-4-8-9(5-7)16-6-15-8/h3-5,10,13H,6H2,1-2H3/t10-/m1/s1. The monoisotopic (exact) mass is 223 g/mol. The molecule has 1 aliphatic rings. The largest absolute Gasteiger partial charge is 0.454 e. The summed E-state index contributed by atoms with van der Waals surface area (Å²) in [5.41, 5.74) is 0.503. The number of benzene rings is 1. The molecule has 86 valence electrons. The molecule has 5 heteroatoms. The van der Waals surface area contributed by atoms with Crippen molar-refractivity contribution in [2.75, 3.05) is 20.9 Å². The number of nitrogens with zero attached hydrogens (tertiary/aromatic N) is 1. The Morgan fingerprint density at radius 2 is 2.06 bits per heavy atom. The molecule has 0 saturated carbocycles.